The van der Waals surface area contributed by atoms with E-state index >= 15 is 0 Å². The van der Waals surface area contributed by atoms with Crippen molar-refractivity contribution in [1.29, 1.82) is 0 Å². The van der Waals surface area contributed by atoms with Gasteiger partial charge in [-0.1, -0.05) is 17.7 Å². The van der Waals surface area contributed by atoms with Crippen LogP contribution in [-0.2, 0) is 6.54 Å². The Bertz CT molecular complexity index is 753. The lowest BCUT2D eigenvalue weighted by atomic mass is 10.2. The maximum atomic E-state index is 12.5. The molecule has 29 heavy (non-hydrogen) atoms. The van der Waals surface area contributed by atoms with E-state index in [-0.39, 0.29) is 36.3 Å². The van der Waals surface area contributed by atoms with E-state index in [0.717, 1.165) is 31.7 Å². The normalized spacial score (nSPS) is 11.0. The molecule has 0 fully saturated rings. The van der Waals surface area contributed by atoms with E-state index in [0.29, 0.717) is 16.5 Å². The monoisotopic (exact) mass is 539 g/mol. The minimum absolute atomic E-state index is 0. The highest BCUT2D eigenvalue weighted by molar-refractivity contribution is 14.0. The fourth-order valence-electron chi connectivity index (χ4n) is 2.44. The lowest BCUT2D eigenvalue weighted by Gasteiger charge is -2.15. The van der Waals surface area contributed by atoms with Gasteiger partial charge in [0.25, 0.3) is 0 Å². The van der Waals surface area contributed by atoms with Gasteiger partial charge in [-0.25, -0.2) is 4.98 Å². The number of aliphatic imine (C=N–C) groups is 1. The van der Waals surface area contributed by atoms with Crippen molar-refractivity contribution in [2.24, 2.45) is 4.99 Å². The molecule has 2 rings (SSSR count). The Kier molecular flexibility index (Phi) is 12.3. The number of nitrogens with one attached hydrogen (secondary N) is 3. The largest absolute Gasteiger partial charge is 0.434 e. The molecule has 0 amide bonds. The van der Waals surface area contributed by atoms with Crippen LogP contribution >= 0.6 is 35.6 Å². The topological polar surface area (TPSA) is 70.6 Å². The van der Waals surface area contributed by atoms with Gasteiger partial charge in [-0.05, 0) is 43.2 Å². The van der Waals surface area contributed by atoms with E-state index in [9.17, 15) is 8.78 Å². The Morgan fingerprint density at radius 3 is 2.66 bits per heavy atom. The predicted molar refractivity (Wildman–Crippen MR) is 124 cm³/mol. The summed E-state index contributed by atoms with van der Waals surface area (Å²) < 4.78 is 29.6. The molecule has 2 aromatic rings. The van der Waals surface area contributed by atoms with Gasteiger partial charge in [0.05, 0.1) is 0 Å². The van der Waals surface area contributed by atoms with E-state index in [2.05, 4.69) is 30.7 Å². The zero-order valence-electron chi connectivity index (χ0n) is 16.0. The number of hydrogen-bond acceptors (Lipinski definition) is 4. The molecule has 160 valence electrons. The van der Waals surface area contributed by atoms with Crippen LogP contribution in [0.15, 0.2) is 47.6 Å². The van der Waals surface area contributed by atoms with E-state index in [1.54, 1.807) is 19.3 Å². The Balaban J connectivity index is 0.00000420. The number of halogens is 4. The highest BCUT2D eigenvalue weighted by Crippen LogP contribution is 2.24. The molecule has 0 aliphatic rings. The number of hydrogen-bond donors (Lipinski definition) is 3. The summed E-state index contributed by atoms with van der Waals surface area (Å²) in [6.07, 6.45) is 3.63. The van der Waals surface area contributed by atoms with Gasteiger partial charge in [0.15, 0.2) is 5.96 Å². The summed E-state index contributed by atoms with van der Waals surface area (Å²) in [5, 5.41) is 9.95. The SMILES string of the molecule is CN=C(NCCCCNc1ccccn1)NCc1cc(Cl)ccc1OC(F)F.I. The van der Waals surface area contributed by atoms with Crippen molar-refractivity contribution < 1.29 is 13.5 Å². The average Bonchev–Trinajstić information content (AvgIpc) is 2.69. The second-order valence-electron chi connectivity index (χ2n) is 5.83. The second kappa shape index (κ2) is 14.2. The van der Waals surface area contributed by atoms with Crippen molar-refractivity contribution >= 4 is 47.4 Å². The summed E-state index contributed by atoms with van der Waals surface area (Å²) in [7, 11) is 1.65. The molecule has 0 spiro atoms. The Hall–Kier alpha value is -1.88. The minimum Gasteiger partial charge on any atom is -0.434 e. The smallest absolute Gasteiger partial charge is 0.387 e. The van der Waals surface area contributed by atoms with Crippen LogP contribution in [-0.4, -0.2) is 37.7 Å². The number of pyridine rings is 1. The molecule has 0 aliphatic heterocycles. The molecule has 3 N–H and O–H groups in total. The summed E-state index contributed by atoms with van der Waals surface area (Å²) in [4.78, 5) is 8.33. The minimum atomic E-state index is -2.89. The van der Waals surface area contributed by atoms with Crippen LogP contribution in [0.3, 0.4) is 0 Å². The molecule has 0 saturated heterocycles. The third kappa shape index (κ3) is 9.93. The molecule has 0 aliphatic carbocycles. The third-order valence-corrected chi connectivity index (χ3v) is 4.01. The number of guanidine groups is 1. The second-order valence-corrected chi connectivity index (χ2v) is 6.27. The standard InChI is InChI=1S/C19H24ClF2N5O.HI/c1-23-19(26-11-5-4-10-25-17-6-2-3-9-24-17)27-13-14-12-15(20)7-8-16(14)28-18(21)22;/h2-3,6-9,12,18H,4-5,10-11,13H2,1H3,(H,24,25)(H2,23,26,27);1H. The zero-order chi connectivity index (χ0) is 20.2. The van der Waals surface area contributed by atoms with Gasteiger partial charge in [0.1, 0.15) is 11.6 Å². The van der Waals surface area contributed by atoms with Crippen LogP contribution in [0.1, 0.15) is 18.4 Å². The zero-order valence-corrected chi connectivity index (χ0v) is 19.1. The van der Waals surface area contributed by atoms with Gasteiger partial charge in [0.2, 0.25) is 0 Å². The first kappa shape index (κ1) is 25.2. The Labute approximate surface area is 191 Å². The number of rotatable bonds is 10. The highest BCUT2D eigenvalue weighted by Gasteiger charge is 2.11. The van der Waals surface area contributed by atoms with Crippen molar-refractivity contribution in [2.75, 3.05) is 25.5 Å². The molecule has 10 heteroatoms. The molecule has 6 nitrogen and oxygen atoms in total. The van der Waals surface area contributed by atoms with Crippen LogP contribution in [0.5, 0.6) is 5.75 Å². The number of unbranched alkanes of at least 4 members (excludes halogenated alkanes) is 1. The summed E-state index contributed by atoms with van der Waals surface area (Å²) in [5.41, 5.74) is 0.523. The maximum absolute atomic E-state index is 12.5. The van der Waals surface area contributed by atoms with Crippen molar-refractivity contribution in [1.82, 2.24) is 15.6 Å². The van der Waals surface area contributed by atoms with Crippen molar-refractivity contribution in [3.63, 3.8) is 0 Å². The van der Waals surface area contributed by atoms with E-state index in [1.807, 2.05) is 18.2 Å². The van der Waals surface area contributed by atoms with Crippen LogP contribution in [0.2, 0.25) is 5.02 Å². The molecular weight excluding hydrogens is 515 g/mol. The molecule has 1 aromatic heterocycles. The molecule has 0 unspecified atom stereocenters. The van der Waals surface area contributed by atoms with E-state index in [1.165, 1.54) is 12.1 Å². The van der Waals surface area contributed by atoms with Gasteiger partial charge in [-0.2, -0.15) is 8.78 Å². The van der Waals surface area contributed by atoms with E-state index in [4.69, 9.17) is 11.6 Å². The first-order chi connectivity index (χ1) is 13.6. The maximum Gasteiger partial charge on any atom is 0.387 e. The first-order valence-electron chi connectivity index (χ1n) is 8.91. The molecule has 0 radical (unpaired) electrons. The van der Waals surface area contributed by atoms with Gasteiger partial charge in [-0.3, -0.25) is 4.99 Å². The lowest BCUT2D eigenvalue weighted by Crippen LogP contribution is -2.37. The molecular formula is C19H25ClF2IN5O. The highest BCUT2D eigenvalue weighted by atomic mass is 127. The number of ether oxygens (including phenoxy) is 1. The van der Waals surface area contributed by atoms with Gasteiger partial charge in [-0.15, -0.1) is 24.0 Å². The fraction of sp³-hybridized carbons (Fsp3) is 0.368. The molecule has 1 heterocycles. The van der Waals surface area contributed by atoms with Crippen LogP contribution < -0.4 is 20.7 Å². The average molecular weight is 540 g/mol. The van der Waals surface area contributed by atoms with Gasteiger partial charge >= 0.3 is 6.61 Å². The predicted octanol–water partition coefficient (Wildman–Crippen LogP) is 4.51. The Morgan fingerprint density at radius 1 is 1.17 bits per heavy atom. The van der Waals surface area contributed by atoms with Gasteiger partial charge in [0, 0.05) is 43.5 Å². The number of anilines is 1. The van der Waals surface area contributed by atoms with Gasteiger partial charge < -0.3 is 20.7 Å². The quantitative estimate of drug-likeness (QED) is 0.179. The lowest BCUT2D eigenvalue weighted by molar-refractivity contribution is -0.0504. The molecule has 0 bridgehead atoms. The van der Waals surface area contributed by atoms with Crippen molar-refractivity contribution in [3.8, 4) is 5.75 Å². The molecule has 0 saturated carbocycles. The van der Waals surface area contributed by atoms with Crippen LogP contribution in [0.25, 0.3) is 0 Å². The summed E-state index contributed by atoms with van der Waals surface area (Å²) in [6.45, 7) is -1.10. The molecule has 1 aromatic carbocycles. The number of aromatic nitrogens is 1. The fourth-order valence-corrected chi connectivity index (χ4v) is 2.63. The van der Waals surface area contributed by atoms with Crippen molar-refractivity contribution in [3.05, 3.63) is 53.2 Å². The van der Waals surface area contributed by atoms with E-state index < -0.39 is 6.61 Å². The third-order valence-electron chi connectivity index (χ3n) is 3.78. The van der Waals surface area contributed by atoms with Crippen LogP contribution in [0, 0.1) is 0 Å². The summed E-state index contributed by atoms with van der Waals surface area (Å²) >= 11 is 5.95. The van der Waals surface area contributed by atoms with Crippen molar-refractivity contribution in [2.45, 2.75) is 26.0 Å². The van der Waals surface area contributed by atoms with Crippen LogP contribution in [0.4, 0.5) is 14.6 Å². The number of benzene rings is 1. The summed E-state index contributed by atoms with van der Waals surface area (Å²) in [5.74, 6) is 1.51. The number of nitrogens with zero attached hydrogens (tertiary/aromatic N) is 2. The Morgan fingerprint density at radius 2 is 1.97 bits per heavy atom. The first-order valence-corrected chi connectivity index (χ1v) is 9.29. The summed E-state index contributed by atoms with van der Waals surface area (Å²) in [6, 6.07) is 10.3. The molecule has 0 atom stereocenters. The number of alkyl halides is 2.